The predicted molar refractivity (Wildman–Crippen MR) is 77.5 cm³/mol. The number of hydrogen-bond acceptors (Lipinski definition) is 9. The van der Waals surface area contributed by atoms with Crippen molar-refractivity contribution in [2.24, 2.45) is 17.2 Å². The third kappa shape index (κ3) is 10.9. The summed E-state index contributed by atoms with van der Waals surface area (Å²) in [5, 5.41) is 6.79. The van der Waals surface area contributed by atoms with Crippen LogP contribution in [0.1, 0.15) is 0 Å². The Bertz CT molecular complexity index is 307. The maximum absolute atomic E-state index is 11.4. The lowest BCUT2D eigenvalue weighted by Crippen LogP contribution is -2.33. The van der Waals surface area contributed by atoms with E-state index in [9.17, 15) is 14.4 Å². The molecule has 0 unspecified atom stereocenters. The molecule has 22 heavy (non-hydrogen) atoms. The van der Waals surface area contributed by atoms with Gasteiger partial charge >= 0.3 is 26.9 Å². The van der Waals surface area contributed by atoms with Crippen molar-refractivity contribution in [2.45, 2.75) is 0 Å². The zero-order valence-corrected chi connectivity index (χ0v) is 12.8. The van der Waals surface area contributed by atoms with Gasteiger partial charge in [-0.15, -0.1) is 0 Å². The Balaban J connectivity index is 4.44. The molecule has 0 aromatic carbocycles. The number of carbonyl (C=O) groups is 3. The van der Waals surface area contributed by atoms with Gasteiger partial charge in [0.15, 0.2) is 0 Å². The molecule has 0 aliphatic rings. The first-order chi connectivity index (χ1) is 10.5. The van der Waals surface area contributed by atoms with Crippen LogP contribution in [0, 0.1) is 0 Å². The third-order valence-corrected chi connectivity index (χ3v) is 2.66. The molecule has 0 aromatic rings. The van der Waals surface area contributed by atoms with Crippen LogP contribution in [0.15, 0.2) is 0 Å². The van der Waals surface area contributed by atoms with Crippen LogP contribution in [-0.4, -0.2) is 57.5 Å². The first-order valence-electron chi connectivity index (χ1n) is 6.31. The molecule has 13 heteroatoms. The molecule has 0 aliphatic heterocycles. The molecule has 0 spiro atoms. The van der Waals surface area contributed by atoms with Crippen LogP contribution >= 0.6 is 8.60 Å². The second kappa shape index (κ2) is 12.8. The Morgan fingerprint density at radius 1 is 0.682 bits per heavy atom. The van der Waals surface area contributed by atoms with E-state index in [2.05, 4.69) is 29.5 Å². The zero-order valence-electron chi connectivity index (χ0n) is 11.9. The van der Waals surface area contributed by atoms with E-state index in [4.69, 9.17) is 17.2 Å². The van der Waals surface area contributed by atoms with Crippen LogP contribution in [0.3, 0.4) is 0 Å². The molecule has 0 aromatic heterocycles. The van der Waals surface area contributed by atoms with E-state index < -0.39 is 26.9 Å². The Labute approximate surface area is 128 Å². The normalized spacial score (nSPS) is 9.82. The van der Waals surface area contributed by atoms with E-state index >= 15 is 0 Å². The number of nitrogens with two attached hydrogens (primary N) is 3. The molecule has 0 saturated heterocycles. The van der Waals surface area contributed by atoms with E-state index in [1.807, 2.05) is 0 Å². The molecule has 0 aliphatic carbocycles. The second-order valence-electron chi connectivity index (χ2n) is 3.51. The molecule has 128 valence electrons. The van der Waals surface area contributed by atoms with Gasteiger partial charge in [0, 0.05) is 39.3 Å². The van der Waals surface area contributed by atoms with E-state index in [1.165, 1.54) is 0 Å². The first kappa shape index (κ1) is 20.1. The number of hydrogen-bond donors (Lipinski definition) is 6. The highest BCUT2D eigenvalue weighted by Gasteiger charge is 2.27. The zero-order chi connectivity index (χ0) is 16.8. The maximum Gasteiger partial charge on any atom is 0.540 e. The highest BCUT2D eigenvalue weighted by atomic mass is 31.2. The predicted octanol–water partition coefficient (Wildman–Crippen LogP) is -1.73. The van der Waals surface area contributed by atoms with Gasteiger partial charge in [-0.3, -0.25) is 0 Å². The summed E-state index contributed by atoms with van der Waals surface area (Å²) in [4.78, 5) is 34.1. The van der Waals surface area contributed by atoms with Gasteiger partial charge in [0.2, 0.25) is 0 Å². The molecular formula is C9H21N6O6P. The van der Waals surface area contributed by atoms with Gasteiger partial charge in [-0.1, -0.05) is 0 Å². The fourth-order valence-electron chi connectivity index (χ4n) is 0.879. The Kier molecular flexibility index (Phi) is 11.7. The molecule has 9 N–H and O–H groups in total. The highest BCUT2D eigenvalue weighted by molar-refractivity contribution is 7.43. The summed E-state index contributed by atoms with van der Waals surface area (Å²) in [7, 11) is -2.59. The van der Waals surface area contributed by atoms with Crippen molar-refractivity contribution < 1.29 is 28.0 Å². The Morgan fingerprint density at radius 2 is 0.955 bits per heavy atom. The quantitative estimate of drug-likeness (QED) is 0.264. The minimum Gasteiger partial charge on any atom is -0.358 e. The largest absolute Gasteiger partial charge is 0.540 e. The summed E-state index contributed by atoms with van der Waals surface area (Å²) in [6, 6.07) is 0. The summed E-state index contributed by atoms with van der Waals surface area (Å²) in [5.74, 6) is 0. The van der Waals surface area contributed by atoms with Gasteiger partial charge in [0.25, 0.3) is 0 Å². The fraction of sp³-hybridized carbons (Fsp3) is 0.667. The smallest absolute Gasteiger partial charge is 0.358 e. The SMILES string of the molecule is NCCNC(=O)OP(OC(=O)NCCN)OC(=O)NCCN. The van der Waals surface area contributed by atoms with E-state index in [0.29, 0.717) is 0 Å². The lowest BCUT2D eigenvalue weighted by atomic mass is 10.7. The number of nitrogens with one attached hydrogen (secondary N) is 3. The van der Waals surface area contributed by atoms with Gasteiger partial charge in [-0.05, 0) is 0 Å². The van der Waals surface area contributed by atoms with Crippen LogP contribution in [0.2, 0.25) is 0 Å². The minimum atomic E-state index is -2.59. The Hall–Kier alpha value is -1.88. The van der Waals surface area contributed by atoms with Crippen molar-refractivity contribution in [3.05, 3.63) is 0 Å². The van der Waals surface area contributed by atoms with Crippen LogP contribution in [-0.2, 0) is 13.6 Å². The number of carbonyl (C=O) groups excluding carboxylic acids is 3. The number of amides is 3. The van der Waals surface area contributed by atoms with Crippen molar-refractivity contribution >= 4 is 26.9 Å². The summed E-state index contributed by atoms with van der Waals surface area (Å²) in [5.41, 5.74) is 15.6. The molecule has 12 nitrogen and oxygen atoms in total. The van der Waals surface area contributed by atoms with Crippen molar-refractivity contribution in [3.63, 3.8) is 0 Å². The lowest BCUT2D eigenvalue weighted by Gasteiger charge is -2.15. The lowest BCUT2D eigenvalue weighted by molar-refractivity contribution is 0.159. The van der Waals surface area contributed by atoms with Gasteiger partial charge in [-0.2, -0.15) is 0 Å². The first-order valence-corrected chi connectivity index (χ1v) is 7.40. The van der Waals surface area contributed by atoms with Gasteiger partial charge in [0.1, 0.15) is 0 Å². The molecular weight excluding hydrogens is 319 g/mol. The molecule has 3 amide bonds. The van der Waals surface area contributed by atoms with Crippen molar-refractivity contribution in [2.75, 3.05) is 39.3 Å². The molecule has 0 fully saturated rings. The molecule has 0 heterocycles. The van der Waals surface area contributed by atoms with Gasteiger partial charge in [0.05, 0.1) is 0 Å². The molecule has 0 rings (SSSR count). The van der Waals surface area contributed by atoms with Crippen molar-refractivity contribution in [1.82, 2.24) is 16.0 Å². The maximum atomic E-state index is 11.4. The molecule has 0 radical (unpaired) electrons. The van der Waals surface area contributed by atoms with Crippen LogP contribution in [0.4, 0.5) is 14.4 Å². The van der Waals surface area contributed by atoms with Crippen LogP contribution < -0.4 is 33.2 Å². The van der Waals surface area contributed by atoms with E-state index in [-0.39, 0.29) is 39.3 Å². The molecule has 0 saturated carbocycles. The summed E-state index contributed by atoms with van der Waals surface area (Å²) >= 11 is 0. The minimum absolute atomic E-state index is 0.140. The summed E-state index contributed by atoms with van der Waals surface area (Å²) in [6.07, 6.45) is -2.85. The number of rotatable bonds is 9. The summed E-state index contributed by atoms with van der Waals surface area (Å²) < 4.78 is 14.1. The molecule has 0 atom stereocenters. The second-order valence-corrected chi connectivity index (χ2v) is 4.50. The van der Waals surface area contributed by atoms with Crippen LogP contribution in [0.25, 0.3) is 0 Å². The van der Waals surface area contributed by atoms with Crippen molar-refractivity contribution in [3.8, 4) is 0 Å². The highest BCUT2D eigenvalue weighted by Crippen LogP contribution is 2.39. The Morgan fingerprint density at radius 3 is 1.18 bits per heavy atom. The average Bonchev–Trinajstić information content (AvgIpc) is 2.48. The van der Waals surface area contributed by atoms with E-state index in [1.54, 1.807) is 0 Å². The van der Waals surface area contributed by atoms with Gasteiger partial charge in [-0.25, -0.2) is 14.4 Å². The van der Waals surface area contributed by atoms with Crippen LogP contribution in [0.5, 0.6) is 0 Å². The fourth-order valence-corrected chi connectivity index (χ4v) is 1.59. The monoisotopic (exact) mass is 340 g/mol. The van der Waals surface area contributed by atoms with E-state index in [0.717, 1.165) is 0 Å². The van der Waals surface area contributed by atoms with Gasteiger partial charge < -0.3 is 46.7 Å². The van der Waals surface area contributed by atoms with Crippen molar-refractivity contribution in [1.29, 1.82) is 0 Å². The summed E-state index contributed by atoms with van der Waals surface area (Å²) in [6.45, 7) is 0.969. The topological polar surface area (TPSA) is 193 Å². The standard InChI is InChI=1S/C9H21N6O6P/c10-1-4-13-7(16)19-22(20-8(17)14-5-2-11)21-9(18)15-6-3-12/h1-6,10-12H2,(H,13,16)(H,14,17)(H,15,18). The molecule has 0 bridgehead atoms. The average molecular weight is 340 g/mol. The third-order valence-electron chi connectivity index (χ3n) is 1.71.